The van der Waals surface area contributed by atoms with Gasteiger partial charge in [0.15, 0.2) is 0 Å². The average molecular weight is 495 g/mol. The predicted molar refractivity (Wildman–Crippen MR) is 137 cm³/mol. The summed E-state index contributed by atoms with van der Waals surface area (Å²) in [7, 11) is 0. The lowest BCUT2D eigenvalue weighted by atomic mass is 9.96. The van der Waals surface area contributed by atoms with Crippen molar-refractivity contribution in [1.29, 1.82) is 0 Å². The highest BCUT2D eigenvalue weighted by molar-refractivity contribution is 6.23. The number of rotatable bonds is 8. The van der Waals surface area contributed by atoms with Gasteiger partial charge in [0, 0.05) is 12.5 Å². The summed E-state index contributed by atoms with van der Waals surface area (Å²) >= 11 is 0. The third kappa shape index (κ3) is 4.60. The highest BCUT2D eigenvalue weighted by Crippen LogP contribution is 2.69. The number of esters is 1. The van der Waals surface area contributed by atoms with Crippen molar-refractivity contribution in [2.75, 3.05) is 18.1 Å². The van der Waals surface area contributed by atoms with Crippen LogP contribution in [0.1, 0.15) is 83.5 Å². The molecule has 4 rings (SSSR count). The van der Waals surface area contributed by atoms with E-state index in [0.717, 1.165) is 30.6 Å². The van der Waals surface area contributed by atoms with Crippen molar-refractivity contribution >= 4 is 29.4 Å². The molecule has 3 aliphatic rings. The summed E-state index contributed by atoms with van der Waals surface area (Å²) < 4.78 is 5.01. The molecule has 3 amide bonds. The molecule has 0 N–H and O–H groups in total. The third-order valence-electron chi connectivity index (χ3n) is 8.75. The summed E-state index contributed by atoms with van der Waals surface area (Å²) in [4.78, 5) is 55.3. The maximum absolute atomic E-state index is 13.8. The quantitative estimate of drug-likeness (QED) is 0.292. The van der Waals surface area contributed by atoms with E-state index in [1.807, 2.05) is 0 Å². The van der Waals surface area contributed by atoms with Crippen LogP contribution in [0.25, 0.3) is 0 Å². The zero-order valence-electron chi connectivity index (χ0n) is 22.1. The standard InChI is InChI=1S/C29H38N2O5/c1-6-36-27(35)20-12-14-21(15-13-20)31-23(32)18-22(25(31)33)30(17-16-19-10-8-7-9-11-19)26(34)24-28(2,3)29(24,4)5/h10,12-15,22,24H,6-9,11,16-18H2,1-5H3. The molecule has 0 spiro atoms. The topological polar surface area (TPSA) is 84.0 Å². The van der Waals surface area contributed by atoms with Gasteiger partial charge in [0.05, 0.1) is 24.3 Å². The second-order valence-corrected chi connectivity index (χ2v) is 11.3. The number of nitrogens with zero attached hydrogens (tertiary/aromatic N) is 2. The normalized spacial score (nSPS) is 22.9. The van der Waals surface area contributed by atoms with Crippen molar-refractivity contribution in [2.24, 2.45) is 16.7 Å². The first-order chi connectivity index (χ1) is 17.0. The van der Waals surface area contributed by atoms with Gasteiger partial charge in [-0.2, -0.15) is 0 Å². The van der Waals surface area contributed by atoms with Gasteiger partial charge in [-0.1, -0.05) is 39.3 Å². The van der Waals surface area contributed by atoms with Gasteiger partial charge in [-0.3, -0.25) is 14.4 Å². The van der Waals surface area contributed by atoms with Crippen LogP contribution in [-0.4, -0.2) is 47.8 Å². The van der Waals surface area contributed by atoms with E-state index in [2.05, 4.69) is 33.8 Å². The lowest BCUT2D eigenvalue weighted by molar-refractivity contribution is -0.140. The molecule has 7 nitrogen and oxygen atoms in total. The first-order valence-corrected chi connectivity index (χ1v) is 13.1. The number of hydrogen-bond donors (Lipinski definition) is 0. The Morgan fingerprint density at radius 2 is 1.72 bits per heavy atom. The van der Waals surface area contributed by atoms with Gasteiger partial charge >= 0.3 is 5.97 Å². The van der Waals surface area contributed by atoms with Crippen LogP contribution in [0.4, 0.5) is 5.69 Å². The van der Waals surface area contributed by atoms with E-state index in [1.54, 1.807) is 36.1 Å². The summed E-state index contributed by atoms with van der Waals surface area (Å²) in [6.45, 7) is 10.8. The Kier molecular flexibility index (Phi) is 7.13. The zero-order valence-corrected chi connectivity index (χ0v) is 22.1. The Hall–Kier alpha value is -2.96. The molecule has 1 aromatic carbocycles. The summed E-state index contributed by atoms with van der Waals surface area (Å²) in [5, 5.41) is 0. The molecule has 0 aromatic heterocycles. The molecular formula is C29H38N2O5. The Labute approximate surface area is 213 Å². The lowest BCUT2D eigenvalue weighted by Gasteiger charge is -2.29. The van der Waals surface area contributed by atoms with Crippen LogP contribution in [0.5, 0.6) is 0 Å². The third-order valence-corrected chi connectivity index (χ3v) is 8.75. The number of carbonyl (C=O) groups excluding carboxylic acids is 4. The van der Waals surface area contributed by atoms with E-state index >= 15 is 0 Å². The second kappa shape index (κ2) is 9.83. The Morgan fingerprint density at radius 3 is 2.28 bits per heavy atom. The van der Waals surface area contributed by atoms with Crippen LogP contribution in [-0.2, 0) is 19.1 Å². The van der Waals surface area contributed by atoms with Crippen molar-refractivity contribution < 1.29 is 23.9 Å². The van der Waals surface area contributed by atoms with Crippen LogP contribution < -0.4 is 4.90 Å². The predicted octanol–water partition coefficient (Wildman–Crippen LogP) is 4.90. The minimum absolute atomic E-state index is 0.0309. The van der Waals surface area contributed by atoms with Crippen LogP contribution in [0.15, 0.2) is 35.9 Å². The van der Waals surface area contributed by atoms with Crippen LogP contribution in [0.3, 0.4) is 0 Å². The molecule has 1 heterocycles. The van der Waals surface area contributed by atoms with E-state index in [0.29, 0.717) is 17.8 Å². The molecule has 1 saturated carbocycles. The van der Waals surface area contributed by atoms with Gasteiger partial charge in [-0.15, -0.1) is 0 Å². The largest absolute Gasteiger partial charge is 0.462 e. The number of allylic oxidation sites excluding steroid dienone is 1. The fourth-order valence-electron chi connectivity index (χ4n) is 5.89. The average Bonchev–Trinajstić information content (AvgIpc) is 3.08. The fraction of sp³-hybridized carbons (Fsp3) is 0.586. The molecule has 194 valence electrons. The van der Waals surface area contributed by atoms with Gasteiger partial charge < -0.3 is 9.64 Å². The zero-order chi connectivity index (χ0) is 26.3. The molecule has 1 aliphatic heterocycles. The molecule has 1 unspecified atom stereocenters. The number of hydrogen-bond acceptors (Lipinski definition) is 5. The monoisotopic (exact) mass is 494 g/mol. The van der Waals surface area contributed by atoms with Gasteiger partial charge in [0.2, 0.25) is 11.8 Å². The molecule has 1 atom stereocenters. The minimum Gasteiger partial charge on any atom is -0.462 e. The van der Waals surface area contributed by atoms with Crippen molar-refractivity contribution in [3.8, 4) is 0 Å². The second-order valence-electron chi connectivity index (χ2n) is 11.3. The number of imide groups is 1. The summed E-state index contributed by atoms with van der Waals surface area (Å²) in [6, 6.07) is 5.45. The van der Waals surface area contributed by atoms with Crippen molar-refractivity contribution in [3.63, 3.8) is 0 Å². The maximum atomic E-state index is 13.8. The summed E-state index contributed by atoms with van der Waals surface area (Å²) in [5.41, 5.74) is 1.75. The first kappa shape index (κ1) is 26.1. The summed E-state index contributed by atoms with van der Waals surface area (Å²) in [6.07, 6.45) is 7.38. The number of ether oxygens (including phenoxy) is 1. The van der Waals surface area contributed by atoms with E-state index in [9.17, 15) is 19.2 Å². The SMILES string of the molecule is CCOC(=O)c1ccc(N2C(=O)CC(N(CCC3=CCCCC3)C(=O)C3C(C)(C)C3(C)C)C2=O)cc1. The minimum atomic E-state index is -0.814. The van der Waals surface area contributed by atoms with E-state index in [-0.39, 0.29) is 47.5 Å². The molecule has 36 heavy (non-hydrogen) atoms. The lowest BCUT2D eigenvalue weighted by Crippen LogP contribution is -2.47. The van der Waals surface area contributed by atoms with Crippen molar-refractivity contribution in [1.82, 2.24) is 4.90 Å². The number of amides is 3. The molecular weight excluding hydrogens is 456 g/mol. The molecule has 7 heteroatoms. The number of anilines is 1. The van der Waals surface area contributed by atoms with Crippen molar-refractivity contribution in [2.45, 2.75) is 79.2 Å². The van der Waals surface area contributed by atoms with Crippen molar-refractivity contribution in [3.05, 3.63) is 41.5 Å². The molecule has 2 aliphatic carbocycles. The van der Waals surface area contributed by atoms with Gasteiger partial charge in [0.25, 0.3) is 5.91 Å². The molecule has 1 aromatic rings. The smallest absolute Gasteiger partial charge is 0.338 e. The van der Waals surface area contributed by atoms with E-state index in [4.69, 9.17) is 4.74 Å². The number of carbonyl (C=O) groups is 4. The first-order valence-electron chi connectivity index (χ1n) is 13.1. The van der Waals surface area contributed by atoms with Gasteiger partial charge in [-0.05, 0) is 74.1 Å². The molecule has 0 bridgehead atoms. The number of benzene rings is 1. The van der Waals surface area contributed by atoms with Crippen LogP contribution >= 0.6 is 0 Å². The highest BCUT2D eigenvalue weighted by atomic mass is 16.5. The van der Waals surface area contributed by atoms with E-state index in [1.165, 1.54) is 12.0 Å². The Balaban J connectivity index is 1.57. The van der Waals surface area contributed by atoms with E-state index < -0.39 is 12.0 Å². The maximum Gasteiger partial charge on any atom is 0.338 e. The Morgan fingerprint density at radius 1 is 1.06 bits per heavy atom. The molecule has 1 saturated heterocycles. The fourth-order valence-corrected chi connectivity index (χ4v) is 5.89. The highest BCUT2D eigenvalue weighted by Gasteiger charge is 2.69. The molecule has 2 fully saturated rings. The summed E-state index contributed by atoms with van der Waals surface area (Å²) in [5.74, 6) is -1.40. The van der Waals surface area contributed by atoms with Gasteiger partial charge in [-0.25, -0.2) is 9.69 Å². The molecule has 0 radical (unpaired) electrons. The van der Waals surface area contributed by atoms with Gasteiger partial charge in [0.1, 0.15) is 6.04 Å². The van der Waals surface area contributed by atoms with Crippen LogP contribution in [0, 0.1) is 16.7 Å². The van der Waals surface area contributed by atoms with Crippen LogP contribution in [0.2, 0.25) is 0 Å². The Bertz CT molecular complexity index is 1070.